The molecule has 0 saturated carbocycles. The highest BCUT2D eigenvalue weighted by molar-refractivity contribution is 5.78. The van der Waals surface area contributed by atoms with Crippen LogP contribution in [0.5, 0.6) is 11.5 Å². The van der Waals surface area contributed by atoms with Crippen molar-refractivity contribution < 1.29 is 14.3 Å². The maximum Gasteiger partial charge on any atom is 0.224 e. The molecule has 0 bridgehead atoms. The number of rotatable bonds is 4. The molecule has 0 radical (unpaired) electrons. The Morgan fingerprint density at radius 1 is 1.18 bits per heavy atom. The molecule has 0 atom stereocenters. The van der Waals surface area contributed by atoms with E-state index in [4.69, 9.17) is 9.47 Å². The van der Waals surface area contributed by atoms with E-state index in [-0.39, 0.29) is 5.91 Å². The summed E-state index contributed by atoms with van der Waals surface area (Å²) in [6, 6.07) is 9.71. The summed E-state index contributed by atoms with van der Waals surface area (Å²) in [4.78, 5) is 12.1. The van der Waals surface area contributed by atoms with E-state index in [9.17, 15) is 4.79 Å². The average molecular weight is 300 g/mol. The van der Waals surface area contributed by atoms with Crippen LogP contribution in [0.4, 0.5) is 0 Å². The quantitative estimate of drug-likeness (QED) is 0.939. The standard InChI is InChI=1S/C17H20N2O3/c1-12-3-5-14(19(12)2)11-18-17(20)10-13-4-6-15-16(9-13)22-8-7-21-15/h3-6,9H,7-8,10-11H2,1-2H3,(H,18,20). The van der Waals surface area contributed by atoms with Crippen LogP contribution in [0.2, 0.25) is 0 Å². The number of ether oxygens (including phenoxy) is 2. The first-order chi connectivity index (χ1) is 10.6. The van der Waals surface area contributed by atoms with Gasteiger partial charge in [-0.05, 0) is 36.8 Å². The molecular formula is C17H20N2O3. The molecule has 0 unspecified atom stereocenters. The molecule has 0 spiro atoms. The lowest BCUT2D eigenvalue weighted by molar-refractivity contribution is -0.120. The third kappa shape index (κ3) is 3.08. The van der Waals surface area contributed by atoms with Crippen molar-refractivity contribution in [3.05, 3.63) is 47.3 Å². The minimum absolute atomic E-state index is 0.00414. The zero-order valence-corrected chi connectivity index (χ0v) is 12.9. The fraction of sp³-hybridized carbons (Fsp3) is 0.353. The van der Waals surface area contributed by atoms with Gasteiger partial charge in [-0.25, -0.2) is 0 Å². The number of nitrogens with one attached hydrogen (secondary N) is 1. The highest BCUT2D eigenvalue weighted by Gasteiger charge is 2.13. The smallest absolute Gasteiger partial charge is 0.224 e. The molecule has 0 fully saturated rings. The number of amides is 1. The minimum atomic E-state index is -0.00414. The Labute approximate surface area is 129 Å². The van der Waals surface area contributed by atoms with E-state index < -0.39 is 0 Å². The number of aryl methyl sites for hydroxylation is 1. The predicted octanol–water partition coefficient (Wildman–Crippen LogP) is 1.96. The normalized spacial score (nSPS) is 13.0. The maximum atomic E-state index is 12.1. The Morgan fingerprint density at radius 3 is 2.68 bits per heavy atom. The highest BCUT2D eigenvalue weighted by atomic mass is 16.6. The van der Waals surface area contributed by atoms with Gasteiger partial charge in [0.25, 0.3) is 0 Å². The monoisotopic (exact) mass is 300 g/mol. The van der Waals surface area contributed by atoms with Gasteiger partial charge in [0.2, 0.25) is 5.91 Å². The van der Waals surface area contributed by atoms with Crippen molar-refractivity contribution in [2.45, 2.75) is 19.9 Å². The summed E-state index contributed by atoms with van der Waals surface area (Å²) in [5.74, 6) is 1.46. The van der Waals surface area contributed by atoms with Crippen LogP contribution in [0.15, 0.2) is 30.3 Å². The Morgan fingerprint density at radius 2 is 1.95 bits per heavy atom. The largest absolute Gasteiger partial charge is 0.486 e. The van der Waals surface area contributed by atoms with Crippen molar-refractivity contribution in [1.82, 2.24) is 9.88 Å². The molecule has 1 aromatic heterocycles. The maximum absolute atomic E-state index is 12.1. The van der Waals surface area contributed by atoms with Crippen LogP contribution < -0.4 is 14.8 Å². The van der Waals surface area contributed by atoms with Crippen LogP contribution in [0.3, 0.4) is 0 Å². The SMILES string of the molecule is Cc1ccc(CNC(=O)Cc2ccc3c(c2)OCCO3)n1C. The minimum Gasteiger partial charge on any atom is -0.486 e. The van der Waals surface area contributed by atoms with E-state index in [1.807, 2.05) is 44.3 Å². The summed E-state index contributed by atoms with van der Waals surface area (Å²) in [6.45, 7) is 3.70. The van der Waals surface area contributed by atoms with E-state index in [1.54, 1.807) is 0 Å². The molecule has 5 nitrogen and oxygen atoms in total. The average Bonchev–Trinajstić information content (AvgIpc) is 2.84. The molecule has 2 aromatic rings. The van der Waals surface area contributed by atoms with Gasteiger partial charge in [0.05, 0.1) is 13.0 Å². The van der Waals surface area contributed by atoms with Crippen LogP contribution >= 0.6 is 0 Å². The van der Waals surface area contributed by atoms with Gasteiger partial charge in [-0.1, -0.05) is 6.07 Å². The van der Waals surface area contributed by atoms with Crippen molar-refractivity contribution in [3.8, 4) is 11.5 Å². The zero-order valence-electron chi connectivity index (χ0n) is 12.9. The van der Waals surface area contributed by atoms with Crippen molar-refractivity contribution >= 4 is 5.91 Å². The second kappa shape index (κ2) is 6.13. The summed E-state index contributed by atoms with van der Waals surface area (Å²) in [5.41, 5.74) is 3.19. The number of nitrogens with zero attached hydrogens (tertiary/aromatic N) is 1. The van der Waals surface area contributed by atoms with Crippen molar-refractivity contribution in [1.29, 1.82) is 0 Å². The molecule has 2 heterocycles. The first-order valence-electron chi connectivity index (χ1n) is 7.40. The lowest BCUT2D eigenvalue weighted by atomic mass is 10.1. The van der Waals surface area contributed by atoms with E-state index in [2.05, 4.69) is 9.88 Å². The summed E-state index contributed by atoms with van der Waals surface area (Å²) < 4.78 is 13.1. The number of hydrogen-bond acceptors (Lipinski definition) is 3. The number of aromatic nitrogens is 1. The van der Waals surface area contributed by atoms with E-state index in [0.29, 0.717) is 26.2 Å². The number of carbonyl (C=O) groups is 1. The van der Waals surface area contributed by atoms with E-state index >= 15 is 0 Å². The van der Waals surface area contributed by atoms with Crippen molar-refractivity contribution in [3.63, 3.8) is 0 Å². The third-order valence-electron chi connectivity index (χ3n) is 3.91. The number of carbonyl (C=O) groups excluding carboxylic acids is 1. The Kier molecular flexibility index (Phi) is 4.04. The predicted molar refractivity (Wildman–Crippen MR) is 83.1 cm³/mol. The number of benzene rings is 1. The fourth-order valence-corrected chi connectivity index (χ4v) is 2.48. The second-order valence-electron chi connectivity index (χ2n) is 5.46. The van der Waals surface area contributed by atoms with Gasteiger partial charge in [0, 0.05) is 18.4 Å². The van der Waals surface area contributed by atoms with Crippen LogP contribution in [0, 0.1) is 6.92 Å². The van der Waals surface area contributed by atoms with Crippen LogP contribution in [0.1, 0.15) is 17.0 Å². The Hall–Kier alpha value is -2.43. The van der Waals surface area contributed by atoms with Gasteiger partial charge >= 0.3 is 0 Å². The molecular weight excluding hydrogens is 280 g/mol. The summed E-state index contributed by atoms with van der Waals surface area (Å²) in [5, 5.41) is 2.95. The van der Waals surface area contributed by atoms with Crippen LogP contribution in [-0.2, 0) is 24.8 Å². The fourth-order valence-electron chi connectivity index (χ4n) is 2.48. The second-order valence-corrected chi connectivity index (χ2v) is 5.46. The molecule has 22 heavy (non-hydrogen) atoms. The first kappa shape index (κ1) is 14.5. The summed E-state index contributed by atoms with van der Waals surface area (Å²) >= 11 is 0. The molecule has 1 aromatic carbocycles. The van der Waals surface area contributed by atoms with Gasteiger partial charge in [0.1, 0.15) is 13.2 Å². The van der Waals surface area contributed by atoms with Gasteiger partial charge in [-0.3, -0.25) is 4.79 Å². The molecule has 1 aliphatic heterocycles. The lowest BCUT2D eigenvalue weighted by Crippen LogP contribution is -2.25. The topological polar surface area (TPSA) is 52.5 Å². The first-order valence-corrected chi connectivity index (χ1v) is 7.40. The zero-order chi connectivity index (χ0) is 15.5. The van der Waals surface area contributed by atoms with Crippen molar-refractivity contribution in [2.75, 3.05) is 13.2 Å². The molecule has 0 saturated heterocycles. The molecule has 5 heteroatoms. The Balaban J connectivity index is 1.58. The molecule has 116 valence electrons. The van der Waals surface area contributed by atoms with Crippen LogP contribution in [0.25, 0.3) is 0 Å². The Bertz CT molecular complexity index is 691. The summed E-state index contributed by atoms with van der Waals surface area (Å²) in [6.07, 6.45) is 0.333. The molecule has 1 aliphatic rings. The van der Waals surface area contributed by atoms with Gasteiger partial charge in [0.15, 0.2) is 11.5 Å². The van der Waals surface area contributed by atoms with Gasteiger partial charge in [-0.2, -0.15) is 0 Å². The van der Waals surface area contributed by atoms with Crippen molar-refractivity contribution in [2.24, 2.45) is 7.05 Å². The highest BCUT2D eigenvalue weighted by Crippen LogP contribution is 2.30. The summed E-state index contributed by atoms with van der Waals surface area (Å²) in [7, 11) is 2.00. The number of fused-ring (bicyclic) bond motifs is 1. The van der Waals surface area contributed by atoms with E-state index in [0.717, 1.165) is 22.8 Å². The van der Waals surface area contributed by atoms with Crippen LogP contribution in [-0.4, -0.2) is 23.7 Å². The molecule has 1 amide bonds. The molecule has 0 aliphatic carbocycles. The molecule has 1 N–H and O–H groups in total. The van der Waals surface area contributed by atoms with Gasteiger partial charge < -0.3 is 19.4 Å². The number of hydrogen-bond donors (Lipinski definition) is 1. The van der Waals surface area contributed by atoms with E-state index in [1.165, 1.54) is 5.69 Å². The lowest BCUT2D eigenvalue weighted by Gasteiger charge is -2.18. The third-order valence-corrected chi connectivity index (χ3v) is 3.91. The van der Waals surface area contributed by atoms with Gasteiger partial charge in [-0.15, -0.1) is 0 Å². The molecule has 3 rings (SSSR count).